The van der Waals surface area contributed by atoms with Crippen molar-refractivity contribution in [1.29, 1.82) is 0 Å². The van der Waals surface area contributed by atoms with Gasteiger partial charge in [0.15, 0.2) is 5.78 Å². The molecule has 0 aliphatic rings. The number of Topliss-reactive ketones (excluding diaryl/α,β-unsaturated/α-hetero) is 1. The number of anilines is 1. The van der Waals surface area contributed by atoms with Crippen LogP contribution in [-0.2, 0) is 0 Å². The third-order valence-corrected chi connectivity index (χ3v) is 3.22. The molecule has 0 amide bonds. The summed E-state index contributed by atoms with van der Waals surface area (Å²) < 4.78 is 0. The van der Waals surface area contributed by atoms with Crippen LogP contribution in [0.25, 0.3) is 0 Å². The van der Waals surface area contributed by atoms with Crippen molar-refractivity contribution in [3.8, 4) is 0 Å². The first-order chi connectivity index (χ1) is 9.54. The van der Waals surface area contributed by atoms with Crippen molar-refractivity contribution in [2.45, 2.75) is 33.2 Å². The van der Waals surface area contributed by atoms with Gasteiger partial charge in [-0.2, -0.15) is 0 Å². The highest BCUT2D eigenvalue weighted by Gasteiger charge is 2.11. The van der Waals surface area contributed by atoms with E-state index >= 15 is 0 Å². The Morgan fingerprint density at radius 1 is 1.05 bits per heavy atom. The van der Waals surface area contributed by atoms with Gasteiger partial charge in [-0.1, -0.05) is 36.4 Å². The molecule has 1 atom stereocenters. The van der Waals surface area contributed by atoms with E-state index < -0.39 is 0 Å². The van der Waals surface area contributed by atoms with Crippen LogP contribution in [0.15, 0.2) is 48.5 Å². The molecule has 1 unspecified atom stereocenters. The largest absolute Gasteiger partial charge is 0.382 e. The zero-order valence-corrected chi connectivity index (χ0v) is 12.3. The summed E-state index contributed by atoms with van der Waals surface area (Å²) in [5, 5.41) is 3.40. The Morgan fingerprint density at radius 3 is 2.25 bits per heavy atom. The molecular formula is C18H21NO. The molecule has 2 nitrogen and oxygen atoms in total. The summed E-state index contributed by atoms with van der Waals surface area (Å²) in [5.74, 6) is 0.176. The number of ketones is 1. The predicted molar refractivity (Wildman–Crippen MR) is 84.4 cm³/mol. The maximum atomic E-state index is 12.1. The Balaban J connectivity index is 1.98. The quantitative estimate of drug-likeness (QED) is 0.815. The number of nitrogens with one attached hydrogen (secondary N) is 1. The van der Waals surface area contributed by atoms with Crippen molar-refractivity contribution in [2.24, 2.45) is 0 Å². The number of rotatable bonds is 5. The minimum atomic E-state index is 0.115. The van der Waals surface area contributed by atoms with Crippen LogP contribution in [0.1, 0.15) is 34.8 Å². The lowest BCUT2D eigenvalue weighted by Crippen LogP contribution is -2.19. The molecule has 2 aromatic carbocycles. The van der Waals surface area contributed by atoms with Crippen LogP contribution in [0.2, 0.25) is 0 Å². The molecule has 0 heterocycles. The molecule has 104 valence electrons. The summed E-state index contributed by atoms with van der Waals surface area (Å²) in [7, 11) is 0. The van der Waals surface area contributed by atoms with E-state index in [1.54, 1.807) is 0 Å². The second kappa shape index (κ2) is 6.38. The Labute approximate surface area is 120 Å². The van der Waals surface area contributed by atoms with Gasteiger partial charge in [0.05, 0.1) is 0 Å². The number of carbonyl (C=O) groups excluding carboxylic acids is 1. The van der Waals surface area contributed by atoms with Gasteiger partial charge in [-0.3, -0.25) is 4.79 Å². The molecule has 0 aliphatic carbocycles. The molecule has 0 bridgehead atoms. The number of carbonyl (C=O) groups is 1. The Kier molecular flexibility index (Phi) is 4.57. The van der Waals surface area contributed by atoms with Gasteiger partial charge in [-0.05, 0) is 44.0 Å². The molecule has 0 fully saturated rings. The van der Waals surface area contributed by atoms with Crippen LogP contribution in [0.4, 0.5) is 5.69 Å². The second-order valence-electron chi connectivity index (χ2n) is 5.42. The molecule has 0 saturated heterocycles. The molecule has 0 saturated carbocycles. The van der Waals surface area contributed by atoms with E-state index in [-0.39, 0.29) is 11.8 Å². The van der Waals surface area contributed by atoms with Crippen LogP contribution in [-0.4, -0.2) is 11.8 Å². The monoisotopic (exact) mass is 267 g/mol. The lowest BCUT2D eigenvalue weighted by Gasteiger charge is -2.15. The van der Waals surface area contributed by atoms with E-state index in [0.29, 0.717) is 6.42 Å². The van der Waals surface area contributed by atoms with Crippen molar-refractivity contribution in [2.75, 3.05) is 5.32 Å². The van der Waals surface area contributed by atoms with Crippen molar-refractivity contribution in [3.05, 3.63) is 65.2 Å². The normalized spacial score (nSPS) is 11.9. The lowest BCUT2D eigenvalue weighted by atomic mass is 10.0. The third-order valence-electron chi connectivity index (χ3n) is 3.22. The molecule has 0 radical (unpaired) electrons. The maximum Gasteiger partial charge on any atom is 0.164 e. The molecule has 2 rings (SSSR count). The predicted octanol–water partition coefficient (Wildman–Crippen LogP) is 4.38. The number of benzene rings is 2. The zero-order valence-electron chi connectivity index (χ0n) is 12.3. The SMILES string of the molecule is Cc1cc(C)cc(NC(C)CC(=O)c2ccccc2)c1. The summed E-state index contributed by atoms with van der Waals surface area (Å²) in [5.41, 5.74) is 4.32. The molecule has 0 aromatic heterocycles. The summed E-state index contributed by atoms with van der Waals surface area (Å²) >= 11 is 0. The van der Waals surface area contributed by atoms with Gasteiger partial charge >= 0.3 is 0 Å². The molecule has 20 heavy (non-hydrogen) atoms. The van der Waals surface area contributed by atoms with Gasteiger partial charge in [0.25, 0.3) is 0 Å². The van der Waals surface area contributed by atoms with Gasteiger partial charge in [0.2, 0.25) is 0 Å². The Bertz CT molecular complexity index is 569. The molecule has 2 heteroatoms. The highest BCUT2D eigenvalue weighted by molar-refractivity contribution is 5.96. The van der Waals surface area contributed by atoms with Gasteiger partial charge in [-0.15, -0.1) is 0 Å². The standard InChI is InChI=1S/C18H21NO/c1-13-9-14(2)11-17(10-13)19-15(3)12-18(20)16-7-5-4-6-8-16/h4-11,15,19H,12H2,1-3H3. The van der Waals surface area contributed by atoms with Gasteiger partial charge in [0, 0.05) is 23.7 Å². The minimum Gasteiger partial charge on any atom is -0.382 e. The topological polar surface area (TPSA) is 29.1 Å². The van der Waals surface area contributed by atoms with Crippen molar-refractivity contribution in [3.63, 3.8) is 0 Å². The van der Waals surface area contributed by atoms with Crippen LogP contribution < -0.4 is 5.32 Å². The van der Waals surface area contributed by atoms with Crippen LogP contribution in [0, 0.1) is 13.8 Å². The van der Waals surface area contributed by atoms with Crippen molar-refractivity contribution < 1.29 is 4.79 Å². The minimum absolute atomic E-state index is 0.115. The lowest BCUT2D eigenvalue weighted by molar-refractivity contribution is 0.0978. The van der Waals surface area contributed by atoms with Crippen LogP contribution >= 0.6 is 0 Å². The fraction of sp³-hybridized carbons (Fsp3) is 0.278. The summed E-state index contributed by atoms with van der Waals surface area (Å²) in [6, 6.07) is 15.9. The first kappa shape index (κ1) is 14.3. The van der Waals surface area contributed by atoms with Crippen LogP contribution in [0.5, 0.6) is 0 Å². The van der Waals surface area contributed by atoms with Gasteiger partial charge in [0.1, 0.15) is 0 Å². The van der Waals surface area contributed by atoms with Gasteiger partial charge in [-0.25, -0.2) is 0 Å². The first-order valence-corrected chi connectivity index (χ1v) is 6.97. The molecule has 1 N–H and O–H groups in total. The third kappa shape index (κ3) is 3.95. The van der Waals surface area contributed by atoms with E-state index in [4.69, 9.17) is 0 Å². The van der Waals surface area contributed by atoms with E-state index in [0.717, 1.165) is 11.3 Å². The highest BCUT2D eigenvalue weighted by Crippen LogP contribution is 2.16. The maximum absolute atomic E-state index is 12.1. The fourth-order valence-electron chi connectivity index (χ4n) is 2.41. The molecule has 0 spiro atoms. The highest BCUT2D eigenvalue weighted by atomic mass is 16.1. The molecule has 2 aromatic rings. The second-order valence-corrected chi connectivity index (χ2v) is 5.42. The fourth-order valence-corrected chi connectivity index (χ4v) is 2.41. The molecule has 0 aliphatic heterocycles. The van der Waals surface area contributed by atoms with E-state index in [9.17, 15) is 4.79 Å². The summed E-state index contributed by atoms with van der Waals surface area (Å²) in [6.45, 7) is 6.20. The number of aryl methyl sites for hydroxylation is 2. The Hall–Kier alpha value is -2.09. The number of hydrogen-bond donors (Lipinski definition) is 1. The van der Waals surface area contributed by atoms with Gasteiger partial charge < -0.3 is 5.32 Å². The van der Waals surface area contributed by atoms with E-state index in [2.05, 4.69) is 37.4 Å². The van der Waals surface area contributed by atoms with Crippen molar-refractivity contribution >= 4 is 11.5 Å². The molecular weight excluding hydrogens is 246 g/mol. The van der Waals surface area contributed by atoms with E-state index in [1.807, 2.05) is 37.3 Å². The number of hydrogen-bond acceptors (Lipinski definition) is 2. The Morgan fingerprint density at radius 2 is 1.65 bits per heavy atom. The summed E-state index contributed by atoms with van der Waals surface area (Å²) in [4.78, 5) is 12.1. The average Bonchev–Trinajstić information content (AvgIpc) is 2.38. The van der Waals surface area contributed by atoms with Crippen LogP contribution in [0.3, 0.4) is 0 Å². The van der Waals surface area contributed by atoms with E-state index in [1.165, 1.54) is 11.1 Å². The first-order valence-electron chi connectivity index (χ1n) is 6.97. The average molecular weight is 267 g/mol. The smallest absolute Gasteiger partial charge is 0.164 e. The van der Waals surface area contributed by atoms with Crippen molar-refractivity contribution in [1.82, 2.24) is 0 Å². The summed E-state index contributed by atoms with van der Waals surface area (Å²) in [6.07, 6.45) is 0.497. The zero-order chi connectivity index (χ0) is 14.5.